The first kappa shape index (κ1) is 13.9. The standard InChI is InChI=1S/C11H20N2O2/c1-11(2,3)13(9-10(14)15)8-6-4-5-7-12/h4-6,8-9H2,1-3H3,(H,14,15). The van der Waals surface area contributed by atoms with E-state index in [1.165, 1.54) is 0 Å². The van der Waals surface area contributed by atoms with Crippen LogP contribution in [0.2, 0.25) is 0 Å². The first-order valence-corrected chi connectivity index (χ1v) is 5.21. The van der Waals surface area contributed by atoms with Crippen molar-refractivity contribution in [3.05, 3.63) is 0 Å². The first-order valence-electron chi connectivity index (χ1n) is 5.21. The number of rotatable bonds is 6. The van der Waals surface area contributed by atoms with Crippen LogP contribution in [-0.2, 0) is 4.79 Å². The highest BCUT2D eigenvalue weighted by molar-refractivity contribution is 5.69. The molecular weight excluding hydrogens is 192 g/mol. The molecule has 0 atom stereocenters. The predicted molar refractivity (Wildman–Crippen MR) is 58.4 cm³/mol. The second-order valence-corrected chi connectivity index (χ2v) is 4.60. The van der Waals surface area contributed by atoms with Gasteiger partial charge in [0.1, 0.15) is 0 Å². The largest absolute Gasteiger partial charge is 0.480 e. The van der Waals surface area contributed by atoms with Crippen LogP contribution in [0.1, 0.15) is 40.0 Å². The Morgan fingerprint density at radius 1 is 1.40 bits per heavy atom. The molecule has 0 rings (SSSR count). The molecule has 0 aromatic rings. The Balaban J connectivity index is 4.04. The molecule has 4 heteroatoms. The van der Waals surface area contributed by atoms with Crippen molar-refractivity contribution in [1.82, 2.24) is 4.90 Å². The third-order valence-corrected chi connectivity index (χ3v) is 2.24. The summed E-state index contributed by atoms with van der Waals surface area (Å²) < 4.78 is 0. The molecule has 0 amide bonds. The molecule has 0 aromatic heterocycles. The maximum atomic E-state index is 10.7. The maximum absolute atomic E-state index is 10.7. The van der Waals surface area contributed by atoms with Crippen LogP contribution in [0.15, 0.2) is 0 Å². The molecule has 0 saturated heterocycles. The predicted octanol–water partition coefficient (Wildman–Crippen LogP) is 1.87. The van der Waals surface area contributed by atoms with Crippen molar-refractivity contribution in [2.45, 2.75) is 45.6 Å². The van der Waals surface area contributed by atoms with Crippen molar-refractivity contribution in [1.29, 1.82) is 5.26 Å². The Bertz CT molecular complexity index is 238. The Hall–Kier alpha value is -1.08. The van der Waals surface area contributed by atoms with E-state index in [9.17, 15) is 4.79 Å². The monoisotopic (exact) mass is 212 g/mol. The van der Waals surface area contributed by atoms with Gasteiger partial charge in [-0.1, -0.05) is 0 Å². The minimum absolute atomic E-state index is 0.0655. The van der Waals surface area contributed by atoms with Gasteiger partial charge in [0.2, 0.25) is 0 Å². The summed E-state index contributed by atoms with van der Waals surface area (Å²) in [5.74, 6) is -0.801. The smallest absolute Gasteiger partial charge is 0.317 e. The molecule has 86 valence electrons. The molecule has 15 heavy (non-hydrogen) atoms. The molecule has 0 fully saturated rings. The fourth-order valence-corrected chi connectivity index (χ4v) is 1.32. The highest BCUT2D eigenvalue weighted by Gasteiger charge is 2.22. The van der Waals surface area contributed by atoms with E-state index in [2.05, 4.69) is 6.07 Å². The van der Waals surface area contributed by atoms with E-state index in [1.54, 1.807) is 0 Å². The van der Waals surface area contributed by atoms with Gasteiger partial charge >= 0.3 is 5.97 Å². The minimum Gasteiger partial charge on any atom is -0.480 e. The summed E-state index contributed by atoms with van der Waals surface area (Å²) in [7, 11) is 0. The van der Waals surface area contributed by atoms with E-state index in [4.69, 9.17) is 10.4 Å². The average molecular weight is 212 g/mol. The lowest BCUT2D eigenvalue weighted by molar-refractivity contribution is -0.139. The van der Waals surface area contributed by atoms with E-state index < -0.39 is 5.97 Å². The van der Waals surface area contributed by atoms with Gasteiger partial charge in [-0.3, -0.25) is 9.69 Å². The summed E-state index contributed by atoms with van der Waals surface area (Å²) in [6.07, 6.45) is 2.26. The molecule has 0 radical (unpaired) electrons. The molecule has 0 bridgehead atoms. The second kappa shape index (κ2) is 6.41. The number of unbranched alkanes of at least 4 members (excludes halogenated alkanes) is 2. The van der Waals surface area contributed by atoms with Gasteiger partial charge in [-0.25, -0.2) is 0 Å². The number of carboxylic acid groups (broad SMARTS) is 1. The van der Waals surface area contributed by atoms with Crippen molar-refractivity contribution in [3.63, 3.8) is 0 Å². The Labute approximate surface area is 91.5 Å². The van der Waals surface area contributed by atoms with Crippen LogP contribution in [-0.4, -0.2) is 34.6 Å². The normalized spacial score (nSPS) is 11.4. The van der Waals surface area contributed by atoms with E-state index in [0.717, 1.165) is 19.4 Å². The van der Waals surface area contributed by atoms with Crippen LogP contribution in [0.4, 0.5) is 0 Å². The quantitative estimate of drug-likeness (QED) is 0.682. The SMILES string of the molecule is CC(C)(C)N(CCCCC#N)CC(=O)O. The van der Waals surface area contributed by atoms with Crippen LogP contribution in [0, 0.1) is 11.3 Å². The molecule has 0 saturated carbocycles. The van der Waals surface area contributed by atoms with E-state index in [0.29, 0.717) is 6.42 Å². The summed E-state index contributed by atoms with van der Waals surface area (Å²) in [4.78, 5) is 12.6. The highest BCUT2D eigenvalue weighted by Crippen LogP contribution is 2.14. The van der Waals surface area contributed by atoms with E-state index in [-0.39, 0.29) is 12.1 Å². The van der Waals surface area contributed by atoms with Crippen molar-refractivity contribution in [2.24, 2.45) is 0 Å². The van der Waals surface area contributed by atoms with Crippen molar-refractivity contribution in [3.8, 4) is 6.07 Å². The zero-order valence-corrected chi connectivity index (χ0v) is 9.79. The number of aliphatic carboxylic acids is 1. The third kappa shape index (κ3) is 6.92. The van der Waals surface area contributed by atoms with Gasteiger partial charge in [0.05, 0.1) is 12.6 Å². The summed E-state index contributed by atoms with van der Waals surface area (Å²) in [6, 6.07) is 2.09. The van der Waals surface area contributed by atoms with Gasteiger partial charge < -0.3 is 5.11 Å². The highest BCUT2D eigenvalue weighted by atomic mass is 16.4. The Morgan fingerprint density at radius 3 is 2.40 bits per heavy atom. The number of nitriles is 1. The van der Waals surface area contributed by atoms with Gasteiger partial charge in [0, 0.05) is 12.0 Å². The van der Waals surface area contributed by atoms with Crippen LogP contribution in [0.25, 0.3) is 0 Å². The number of carboxylic acids is 1. The van der Waals surface area contributed by atoms with Gasteiger partial charge in [0.25, 0.3) is 0 Å². The number of hydrogen-bond acceptors (Lipinski definition) is 3. The molecule has 0 unspecified atom stereocenters. The summed E-state index contributed by atoms with van der Waals surface area (Å²) in [5.41, 5.74) is -0.134. The lowest BCUT2D eigenvalue weighted by Crippen LogP contribution is -2.44. The first-order chi connectivity index (χ1) is 6.88. The molecule has 4 nitrogen and oxygen atoms in total. The zero-order chi connectivity index (χ0) is 11.9. The number of nitrogens with zero attached hydrogens (tertiary/aromatic N) is 2. The van der Waals surface area contributed by atoms with Crippen molar-refractivity contribution < 1.29 is 9.90 Å². The van der Waals surface area contributed by atoms with Crippen molar-refractivity contribution >= 4 is 5.97 Å². The van der Waals surface area contributed by atoms with Gasteiger partial charge in [-0.05, 0) is 40.2 Å². The maximum Gasteiger partial charge on any atom is 0.317 e. The molecule has 0 heterocycles. The van der Waals surface area contributed by atoms with E-state index in [1.807, 2.05) is 25.7 Å². The van der Waals surface area contributed by atoms with Crippen LogP contribution < -0.4 is 0 Å². The Kier molecular flexibility index (Phi) is 5.95. The molecule has 0 aliphatic carbocycles. The third-order valence-electron chi connectivity index (χ3n) is 2.24. The molecule has 0 aliphatic heterocycles. The van der Waals surface area contributed by atoms with Gasteiger partial charge in [-0.15, -0.1) is 0 Å². The summed E-state index contributed by atoms with van der Waals surface area (Å²) in [6.45, 7) is 6.80. The number of hydrogen-bond donors (Lipinski definition) is 1. The molecule has 0 aromatic carbocycles. The molecule has 0 aliphatic rings. The average Bonchev–Trinajstić information content (AvgIpc) is 2.08. The lowest BCUT2D eigenvalue weighted by Gasteiger charge is -2.34. The molecule has 1 N–H and O–H groups in total. The van der Waals surface area contributed by atoms with Crippen LogP contribution >= 0.6 is 0 Å². The zero-order valence-electron chi connectivity index (χ0n) is 9.79. The number of carbonyl (C=O) groups is 1. The Morgan fingerprint density at radius 2 is 2.00 bits per heavy atom. The van der Waals surface area contributed by atoms with Crippen LogP contribution in [0.3, 0.4) is 0 Å². The summed E-state index contributed by atoms with van der Waals surface area (Å²) in [5, 5.41) is 17.1. The molecular formula is C11H20N2O2. The van der Waals surface area contributed by atoms with Crippen LogP contribution in [0.5, 0.6) is 0 Å². The van der Waals surface area contributed by atoms with Gasteiger partial charge in [-0.2, -0.15) is 5.26 Å². The topological polar surface area (TPSA) is 64.3 Å². The molecule has 0 spiro atoms. The van der Waals surface area contributed by atoms with Gasteiger partial charge in [0.15, 0.2) is 0 Å². The fraction of sp³-hybridized carbons (Fsp3) is 0.818. The lowest BCUT2D eigenvalue weighted by atomic mass is 10.1. The van der Waals surface area contributed by atoms with Crippen molar-refractivity contribution in [2.75, 3.05) is 13.1 Å². The fourth-order valence-electron chi connectivity index (χ4n) is 1.32. The minimum atomic E-state index is -0.801. The van der Waals surface area contributed by atoms with E-state index >= 15 is 0 Å². The second-order valence-electron chi connectivity index (χ2n) is 4.60. The summed E-state index contributed by atoms with van der Waals surface area (Å²) >= 11 is 0.